The average molecular weight is 310 g/mol. The second-order valence-electron chi connectivity index (χ2n) is 4.47. The Morgan fingerprint density at radius 3 is 2.52 bits per heavy atom. The summed E-state index contributed by atoms with van der Waals surface area (Å²) in [6, 6.07) is 8.09. The predicted octanol–water partition coefficient (Wildman–Crippen LogP) is 2.53. The maximum atomic E-state index is 13.3. The highest BCUT2D eigenvalue weighted by molar-refractivity contribution is 7.92. The van der Waals surface area contributed by atoms with Crippen molar-refractivity contribution in [1.82, 2.24) is 0 Å². The van der Waals surface area contributed by atoms with E-state index in [1.807, 2.05) is 0 Å². The molecule has 0 aliphatic rings. The molecular formula is C14H15FN2O3S. The van der Waals surface area contributed by atoms with Crippen LogP contribution in [0, 0.1) is 12.7 Å². The van der Waals surface area contributed by atoms with Crippen LogP contribution in [0.3, 0.4) is 0 Å². The lowest BCUT2D eigenvalue weighted by molar-refractivity contribution is 0.417. The van der Waals surface area contributed by atoms with Gasteiger partial charge in [0.15, 0.2) is 0 Å². The lowest BCUT2D eigenvalue weighted by atomic mass is 10.2. The summed E-state index contributed by atoms with van der Waals surface area (Å²) in [5.41, 5.74) is 6.75. The predicted molar refractivity (Wildman–Crippen MR) is 79.4 cm³/mol. The van der Waals surface area contributed by atoms with E-state index >= 15 is 0 Å². The van der Waals surface area contributed by atoms with Crippen molar-refractivity contribution in [3.05, 3.63) is 47.8 Å². The molecule has 0 radical (unpaired) electrons. The molecule has 2 aromatic rings. The van der Waals surface area contributed by atoms with Gasteiger partial charge in [-0.15, -0.1) is 0 Å². The fourth-order valence-electron chi connectivity index (χ4n) is 1.87. The van der Waals surface area contributed by atoms with Gasteiger partial charge < -0.3 is 10.5 Å². The van der Waals surface area contributed by atoms with Crippen molar-refractivity contribution in [1.29, 1.82) is 0 Å². The molecule has 0 spiro atoms. The highest BCUT2D eigenvalue weighted by atomic mass is 32.2. The Balaban J connectivity index is 2.37. The van der Waals surface area contributed by atoms with Crippen LogP contribution in [0.4, 0.5) is 15.8 Å². The summed E-state index contributed by atoms with van der Waals surface area (Å²) in [7, 11) is -2.43. The van der Waals surface area contributed by atoms with Crippen molar-refractivity contribution in [3.8, 4) is 5.75 Å². The summed E-state index contributed by atoms with van der Waals surface area (Å²) in [5.74, 6) is -0.171. The molecule has 0 amide bonds. The van der Waals surface area contributed by atoms with E-state index in [9.17, 15) is 12.8 Å². The van der Waals surface area contributed by atoms with E-state index in [0.29, 0.717) is 17.0 Å². The smallest absolute Gasteiger partial charge is 0.262 e. The number of sulfonamides is 1. The number of halogens is 1. The summed E-state index contributed by atoms with van der Waals surface area (Å²) in [4.78, 5) is -0.114. The molecule has 0 unspecified atom stereocenters. The number of nitrogens with two attached hydrogens (primary N) is 1. The second kappa shape index (κ2) is 5.61. The van der Waals surface area contributed by atoms with Crippen LogP contribution in [-0.4, -0.2) is 15.5 Å². The second-order valence-corrected chi connectivity index (χ2v) is 6.12. The highest BCUT2D eigenvalue weighted by Crippen LogP contribution is 2.27. The topological polar surface area (TPSA) is 81.4 Å². The molecule has 2 rings (SSSR count). The van der Waals surface area contributed by atoms with E-state index in [2.05, 4.69) is 4.72 Å². The van der Waals surface area contributed by atoms with Gasteiger partial charge in [-0.2, -0.15) is 0 Å². The van der Waals surface area contributed by atoms with Gasteiger partial charge in [0.05, 0.1) is 23.4 Å². The van der Waals surface area contributed by atoms with Crippen LogP contribution in [0.1, 0.15) is 5.56 Å². The average Bonchev–Trinajstić information content (AvgIpc) is 2.41. The zero-order valence-corrected chi connectivity index (χ0v) is 12.4. The molecule has 0 aromatic heterocycles. The lowest BCUT2D eigenvalue weighted by Gasteiger charge is -2.12. The first-order valence-corrected chi connectivity index (χ1v) is 7.54. The molecule has 7 heteroatoms. The van der Waals surface area contributed by atoms with E-state index < -0.39 is 15.8 Å². The van der Waals surface area contributed by atoms with Crippen molar-refractivity contribution in [2.24, 2.45) is 0 Å². The molecular weight excluding hydrogens is 295 g/mol. The summed E-state index contributed by atoms with van der Waals surface area (Å²) < 4.78 is 45.2. The molecule has 3 N–H and O–H groups in total. The highest BCUT2D eigenvalue weighted by Gasteiger charge is 2.18. The maximum absolute atomic E-state index is 13.3. The number of hydrogen-bond donors (Lipinski definition) is 2. The van der Waals surface area contributed by atoms with Crippen LogP contribution in [0.25, 0.3) is 0 Å². The van der Waals surface area contributed by atoms with E-state index in [-0.39, 0.29) is 10.6 Å². The normalized spacial score (nSPS) is 11.2. The Morgan fingerprint density at radius 2 is 1.90 bits per heavy atom. The quantitative estimate of drug-likeness (QED) is 0.850. The van der Waals surface area contributed by atoms with Gasteiger partial charge in [0, 0.05) is 0 Å². The third-order valence-electron chi connectivity index (χ3n) is 2.92. The molecule has 0 saturated heterocycles. The van der Waals surface area contributed by atoms with E-state index in [1.54, 1.807) is 13.0 Å². The van der Waals surface area contributed by atoms with Crippen LogP contribution >= 0.6 is 0 Å². The molecule has 0 fully saturated rings. The molecule has 0 heterocycles. The van der Waals surface area contributed by atoms with Crippen LogP contribution < -0.4 is 15.2 Å². The molecule has 21 heavy (non-hydrogen) atoms. The van der Waals surface area contributed by atoms with E-state index in [1.165, 1.54) is 31.4 Å². The van der Waals surface area contributed by atoms with Crippen LogP contribution in [-0.2, 0) is 10.0 Å². The van der Waals surface area contributed by atoms with Crippen molar-refractivity contribution >= 4 is 21.4 Å². The maximum Gasteiger partial charge on any atom is 0.262 e. The number of benzene rings is 2. The molecule has 112 valence electrons. The number of ether oxygens (including phenoxy) is 1. The Labute approximate surface area is 122 Å². The number of nitrogens with one attached hydrogen (secondary N) is 1. The van der Waals surface area contributed by atoms with Gasteiger partial charge in [0.1, 0.15) is 11.6 Å². The lowest BCUT2D eigenvalue weighted by Crippen LogP contribution is -2.14. The Kier molecular flexibility index (Phi) is 4.04. The first kappa shape index (κ1) is 15.1. The molecule has 0 aliphatic carbocycles. The number of anilines is 2. The summed E-state index contributed by atoms with van der Waals surface area (Å²) in [6.07, 6.45) is 0. The zero-order chi connectivity index (χ0) is 15.6. The van der Waals surface area contributed by atoms with Gasteiger partial charge in [-0.05, 0) is 42.8 Å². The van der Waals surface area contributed by atoms with Crippen molar-refractivity contribution in [3.63, 3.8) is 0 Å². The largest absolute Gasteiger partial charge is 0.495 e. The first-order valence-electron chi connectivity index (χ1n) is 6.06. The number of rotatable bonds is 4. The SMILES string of the molecule is COc1ccc(NS(=O)(=O)c2cc(F)ccc2C)cc1N. The van der Waals surface area contributed by atoms with Crippen LogP contribution in [0.15, 0.2) is 41.3 Å². The Bertz CT molecular complexity index is 776. The fourth-order valence-corrected chi connectivity index (χ4v) is 3.18. The van der Waals surface area contributed by atoms with Gasteiger partial charge in [0.2, 0.25) is 0 Å². The summed E-state index contributed by atoms with van der Waals surface area (Å²) >= 11 is 0. The standard InChI is InChI=1S/C14H15FN2O3S/c1-9-3-4-10(15)7-14(9)21(18,19)17-11-5-6-13(20-2)12(16)8-11/h3-8,17H,16H2,1-2H3. The molecule has 5 nitrogen and oxygen atoms in total. The number of aryl methyl sites for hydroxylation is 1. The van der Waals surface area contributed by atoms with Gasteiger partial charge in [-0.3, -0.25) is 4.72 Å². The molecule has 0 saturated carbocycles. The van der Waals surface area contributed by atoms with Gasteiger partial charge in [-0.25, -0.2) is 12.8 Å². The van der Waals surface area contributed by atoms with E-state index in [4.69, 9.17) is 10.5 Å². The van der Waals surface area contributed by atoms with Gasteiger partial charge >= 0.3 is 0 Å². The molecule has 0 aliphatic heterocycles. The van der Waals surface area contributed by atoms with Gasteiger partial charge in [0.25, 0.3) is 10.0 Å². The van der Waals surface area contributed by atoms with Crippen LogP contribution in [0.5, 0.6) is 5.75 Å². The van der Waals surface area contributed by atoms with Crippen molar-refractivity contribution < 1.29 is 17.5 Å². The third-order valence-corrected chi connectivity index (χ3v) is 4.44. The third kappa shape index (κ3) is 3.25. The number of hydrogen-bond acceptors (Lipinski definition) is 4. The minimum atomic E-state index is -3.89. The molecule has 2 aromatic carbocycles. The molecule has 0 bridgehead atoms. The minimum absolute atomic E-state index is 0.114. The minimum Gasteiger partial charge on any atom is -0.495 e. The molecule has 0 atom stereocenters. The van der Waals surface area contributed by atoms with E-state index in [0.717, 1.165) is 6.07 Å². The Morgan fingerprint density at radius 1 is 1.19 bits per heavy atom. The number of methoxy groups -OCH3 is 1. The summed E-state index contributed by atoms with van der Waals surface area (Å²) in [5, 5.41) is 0. The van der Waals surface area contributed by atoms with Gasteiger partial charge in [-0.1, -0.05) is 6.07 Å². The zero-order valence-electron chi connectivity index (χ0n) is 11.6. The Hall–Kier alpha value is -2.28. The number of nitrogen functional groups attached to an aromatic ring is 1. The van der Waals surface area contributed by atoms with Crippen LogP contribution in [0.2, 0.25) is 0 Å². The van der Waals surface area contributed by atoms with Crippen molar-refractivity contribution in [2.45, 2.75) is 11.8 Å². The monoisotopic (exact) mass is 310 g/mol. The van der Waals surface area contributed by atoms with Crippen molar-refractivity contribution in [2.75, 3.05) is 17.6 Å². The first-order chi connectivity index (χ1) is 9.83. The summed E-state index contributed by atoms with van der Waals surface area (Å²) in [6.45, 7) is 1.59. The fraction of sp³-hybridized carbons (Fsp3) is 0.143.